The van der Waals surface area contributed by atoms with Crippen molar-refractivity contribution in [3.63, 3.8) is 0 Å². The van der Waals surface area contributed by atoms with Gasteiger partial charge in [-0.25, -0.2) is 0 Å². The van der Waals surface area contributed by atoms with Crippen LogP contribution in [0.3, 0.4) is 0 Å². The van der Waals surface area contributed by atoms with Crippen molar-refractivity contribution in [2.75, 3.05) is 32.7 Å². The fraction of sp³-hybridized carbons (Fsp3) is 0.529. The summed E-state index contributed by atoms with van der Waals surface area (Å²) in [7, 11) is 0. The van der Waals surface area contributed by atoms with Gasteiger partial charge in [0.15, 0.2) is 0 Å². The maximum absolute atomic E-state index is 12.5. The number of hydrogen-bond donors (Lipinski definition) is 1. The molecule has 0 aliphatic carbocycles. The van der Waals surface area contributed by atoms with E-state index in [0.717, 1.165) is 18.5 Å². The van der Waals surface area contributed by atoms with Crippen molar-refractivity contribution in [2.24, 2.45) is 5.73 Å². The number of benzene rings is 1. The van der Waals surface area contributed by atoms with E-state index in [9.17, 15) is 9.59 Å². The van der Waals surface area contributed by atoms with E-state index in [2.05, 4.69) is 0 Å². The molecule has 0 bridgehead atoms. The molecular formula is C17H25N3O3. The highest BCUT2D eigenvalue weighted by Crippen LogP contribution is 2.09. The first-order valence-electron chi connectivity index (χ1n) is 8.01. The molecule has 1 aromatic rings. The molecule has 2 rings (SSSR count). The van der Waals surface area contributed by atoms with E-state index in [0.29, 0.717) is 26.2 Å². The Morgan fingerprint density at radius 2 is 1.91 bits per heavy atom. The Hall–Kier alpha value is -1.92. The third kappa shape index (κ3) is 5.65. The van der Waals surface area contributed by atoms with Gasteiger partial charge in [-0.1, -0.05) is 30.3 Å². The van der Waals surface area contributed by atoms with Crippen molar-refractivity contribution < 1.29 is 14.3 Å². The molecule has 0 aromatic heterocycles. The van der Waals surface area contributed by atoms with Gasteiger partial charge in [-0.3, -0.25) is 14.5 Å². The van der Waals surface area contributed by atoms with Crippen LogP contribution in [0.5, 0.6) is 0 Å². The number of nitrogens with zero attached hydrogens (tertiary/aromatic N) is 2. The maximum atomic E-state index is 12.5. The molecule has 1 saturated heterocycles. The summed E-state index contributed by atoms with van der Waals surface area (Å²) in [5, 5.41) is 0. The molecule has 1 aliphatic rings. The largest absolute Gasteiger partial charge is 0.369 e. The first-order chi connectivity index (χ1) is 11.1. The van der Waals surface area contributed by atoms with Crippen molar-refractivity contribution >= 4 is 11.8 Å². The minimum absolute atomic E-state index is 0.00172. The van der Waals surface area contributed by atoms with Crippen LogP contribution in [-0.4, -0.2) is 60.4 Å². The average molecular weight is 319 g/mol. The number of amides is 2. The van der Waals surface area contributed by atoms with Crippen molar-refractivity contribution in [3.05, 3.63) is 35.9 Å². The van der Waals surface area contributed by atoms with Crippen LogP contribution in [0, 0.1) is 0 Å². The lowest BCUT2D eigenvalue weighted by Gasteiger charge is -2.24. The van der Waals surface area contributed by atoms with Gasteiger partial charge >= 0.3 is 0 Å². The summed E-state index contributed by atoms with van der Waals surface area (Å²) in [6, 6.07) is 9.81. The zero-order valence-electron chi connectivity index (χ0n) is 13.6. The van der Waals surface area contributed by atoms with E-state index in [1.807, 2.05) is 40.1 Å². The summed E-state index contributed by atoms with van der Waals surface area (Å²) in [5.74, 6) is -0.328. The van der Waals surface area contributed by atoms with Crippen LogP contribution in [0.25, 0.3) is 0 Å². The zero-order valence-corrected chi connectivity index (χ0v) is 13.6. The second kappa shape index (κ2) is 8.64. The van der Waals surface area contributed by atoms with E-state index in [1.165, 1.54) is 0 Å². The van der Waals surface area contributed by atoms with Crippen LogP contribution in [0.2, 0.25) is 0 Å². The Labute approximate surface area is 137 Å². The minimum Gasteiger partial charge on any atom is -0.369 e. The number of hydrogen-bond acceptors (Lipinski definition) is 4. The Kier molecular flexibility index (Phi) is 6.55. The van der Waals surface area contributed by atoms with Crippen molar-refractivity contribution in [2.45, 2.75) is 26.1 Å². The number of primary amides is 1. The lowest BCUT2D eigenvalue weighted by Crippen LogP contribution is -2.42. The molecule has 1 heterocycles. The standard InChI is InChI=1S/C17H25N3O3/c1-14(23-13-15-6-3-2-4-7-15)17(22)20-9-5-8-19(10-11-20)12-16(18)21/h2-4,6-7,14H,5,8-13H2,1H3,(H2,18,21)/t14-/m0/s1. The van der Waals surface area contributed by atoms with Gasteiger partial charge in [-0.2, -0.15) is 0 Å². The molecule has 6 heteroatoms. The zero-order chi connectivity index (χ0) is 16.7. The van der Waals surface area contributed by atoms with Gasteiger partial charge in [-0.05, 0) is 18.9 Å². The molecule has 0 spiro atoms. The van der Waals surface area contributed by atoms with Crippen LogP contribution >= 0.6 is 0 Å². The van der Waals surface area contributed by atoms with E-state index in [4.69, 9.17) is 10.5 Å². The highest BCUT2D eigenvalue weighted by atomic mass is 16.5. The lowest BCUT2D eigenvalue weighted by molar-refractivity contribution is -0.143. The van der Waals surface area contributed by atoms with Gasteiger partial charge in [0.25, 0.3) is 5.91 Å². The van der Waals surface area contributed by atoms with E-state index in [-0.39, 0.29) is 18.4 Å². The minimum atomic E-state index is -0.474. The van der Waals surface area contributed by atoms with Crippen LogP contribution in [-0.2, 0) is 20.9 Å². The van der Waals surface area contributed by atoms with Crippen LogP contribution in [0.4, 0.5) is 0 Å². The second-order valence-electron chi connectivity index (χ2n) is 5.86. The number of carbonyl (C=O) groups excluding carboxylic acids is 2. The van der Waals surface area contributed by atoms with E-state index < -0.39 is 6.10 Å². The van der Waals surface area contributed by atoms with Crippen molar-refractivity contribution in [1.82, 2.24) is 9.80 Å². The van der Waals surface area contributed by atoms with Crippen molar-refractivity contribution in [1.29, 1.82) is 0 Å². The average Bonchev–Trinajstić information content (AvgIpc) is 2.78. The number of rotatable bonds is 6. The summed E-state index contributed by atoms with van der Waals surface area (Å²) in [6.45, 7) is 5.21. The van der Waals surface area contributed by atoms with Gasteiger partial charge in [0.2, 0.25) is 5.91 Å². The number of ether oxygens (including phenoxy) is 1. The number of nitrogens with two attached hydrogens (primary N) is 1. The first-order valence-corrected chi connectivity index (χ1v) is 8.01. The topological polar surface area (TPSA) is 75.9 Å². The fourth-order valence-electron chi connectivity index (χ4n) is 2.69. The fourth-order valence-corrected chi connectivity index (χ4v) is 2.69. The van der Waals surface area contributed by atoms with Crippen LogP contribution in [0.15, 0.2) is 30.3 Å². The summed E-state index contributed by atoms with van der Waals surface area (Å²) >= 11 is 0. The molecule has 0 radical (unpaired) electrons. The molecule has 1 fully saturated rings. The van der Waals surface area contributed by atoms with Crippen LogP contribution in [0.1, 0.15) is 18.9 Å². The smallest absolute Gasteiger partial charge is 0.251 e. The highest BCUT2D eigenvalue weighted by Gasteiger charge is 2.24. The Balaban J connectivity index is 1.81. The summed E-state index contributed by atoms with van der Waals surface area (Å²) in [5.41, 5.74) is 6.28. The normalized spacial score (nSPS) is 17.5. The summed E-state index contributed by atoms with van der Waals surface area (Å²) < 4.78 is 5.70. The van der Waals surface area contributed by atoms with E-state index >= 15 is 0 Å². The van der Waals surface area contributed by atoms with E-state index in [1.54, 1.807) is 6.92 Å². The predicted octanol–water partition coefficient (Wildman–Crippen LogP) is 0.611. The predicted molar refractivity (Wildman–Crippen MR) is 87.5 cm³/mol. The Morgan fingerprint density at radius 3 is 2.61 bits per heavy atom. The van der Waals surface area contributed by atoms with Gasteiger partial charge in [-0.15, -0.1) is 0 Å². The summed E-state index contributed by atoms with van der Waals surface area (Å²) in [4.78, 5) is 27.3. The molecule has 1 aromatic carbocycles. The quantitative estimate of drug-likeness (QED) is 0.833. The molecule has 6 nitrogen and oxygen atoms in total. The molecule has 0 unspecified atom stereocenters. The summed E-state index contributed by atoms with van der Waals surface area (Å²) in [6.07, 6.45) is 0.364. The Bertz CT molecular complexity index is 521. The molecule has 126 valence electrons. The second-order valence-corrected chi connectivity index (χ2v) is 5.86. The first kappa shape index (κ1) is 17.4. The monoisotopic (exact) mass is 319 g/mol. The molecule has 0 saturated carbocycles. The van der Waals surface area contributed by atoms with Crippen molar-refractivity contribution in [3.8, 4) is 0 Å². The third-order valence-corrected chi connectivity index (χ3v) is 3.97. The van der Waals surface area contributed by atoms with Gasteiger partial charge in [0.1, 0.15) is 6.10 Å². The molecular weight excluding hydrogens is 294 g/mol. The number of carbonyl (C=O) groups is 2. The molecule has 2 amide bonds. The van der Waals surface area contributed by atoms with Crippen LogP contribution < -0.4 is 5.73 Å². The maximum Gasteiger partial charge on any atom is 0.251 e. The molecule has 1 aliphatic heterocycles. The van der Waals surface area contributed by atoms with Gasteiger partial charge < -0.3 is 15.4 Å². The van der Waals surface area contributed by atoms with Gasteiger partial charge in [0.05, 0.1) is 13.2 Å². The lowest BCUT2D eigenvalue weighted by atomic mass is 10.2. The third-order valence-electron chi connectivity index (χ3n) is 3.97. The Morgan fingerprint density at radius 1 is 1.17 bits per heavy atom. The highest BCUT2D eigenvalue weighted by molar-refractivity contribution is 5.80. The molecule has 23 heavy (non-hydrogen) atoms. The van der Waals surface area contributed by atoms with Gasteiger partial charge in [0, 0.05) is 26.2 Å². The SMILES string of the molecule is C[C@H](OCc1ccccc1)C(=O)N1CCCN(CC(N)=O)CC1. The molecule has 1 atom stereocenters. The molecule has 2 N–H and O–H groups in total.